The molecule has 134 valence electrons. The van der Waals surface area contributed by atoms with Crippen LogP contribution >= 0.6 is 11.6 Å². The number of aromatic carboxylic acids is 1. The van der Waals surface area contributed by atoms with Crippen LogP contribution in [0.1, 0.15) is 47.3 Å². The monoisotopic (exact) mass is 368 g/mol. The van der Waals surface area contributed by atoms with Gasteiger partial charge in [0.05, 0.1) is 16.8 Å². The highest BCUT2D eigenvalue weighted by atomic mass is 35.5. The Balaban J connectivity index is 1.68. The Morgan fingerprint density at radius 2 is 1.96 bits per heavy atom. The van der Waals surface area contributed by atoms with Gasteiger partial charge in [-0.25, -0.2) is 4.79 Å². The summed E-state index contributed by atoms with van der Waals surface area (Å²) >= 11 is 6.31. The molecule has 0 amide bonds. The minimum atomic E-state index is -0.900. The predicted octanol–water partition coefficient (Wildman–Crippen LogP) is 5.46. The van der Waals surface area contributed by atoms with E-state index < -0.39 is 5.97 Å². The number of H-pyrrole nitrogens is 1. The maximum Gasteiger partial charge on any atom is 0.335 e. The van der Waals surface area contributed by atoms with Crippen LogP contribution in [0.2, 0.25) is 5.02 Å². The summed E-state index contributed by atoms with van der Waals surface area (Å²) in [5.74, 6) is -0.900. The van der Waals surface area contributed by atoms with Crippen LogP contribution in [0.4, 0.5) is 5.69 Å². The second kappa shape index (κ2) is 7.04. The molecule has 1 aliphatic rings. The summed E-state index contributed by atoms with van der Waals surface area (Å²) in [6, 6.07) is 13.6. The van der Waals surface area contributed by atoms with Gasteiger partial charge in [0.15, 0.2) is 0 Å². The number of hydrogen-bond donors (Lipinski definition) is 3. The van der Waals surface area contributed by atoms with Crippen molar-refractivity contribution in [3.8, 4) is 0 Å². The molecular formula is C21H21ClN2O2. The highest BCUT2D eigenvalue weighted by Gasteiger charge is 2.17. The second-order valence-corrected chi connectivity index (χ2v) is 7.41. The van der Waals surface area contributed by atoms with Gasteiger partial charge in [-0.05, 0) is 42.7 Å². The summed E-state index contributed by atoms with van der Waals surface area (Å²) in [4.78, 5) is 14.9. The molecule has 0 aliphatic heterocycles. The van der Waals surface area contributed by atoms with Gasteiger partial charge >= 0.3 is 5.97 Å². The van der Waals surface area contributed by atoms with E-state index in [1.807, 2.05) is 24.3 Å². The van der Waals surface area contributed by atoms with Gasteiger partial charge in [-0.1, -0.05) is 42.6 Å². The van der Waals surface area contributed by atoms with Crippen molar-refractivity contribution < 1.29 is 9.90 Å². The summed E-state index contributed by atoms with van der Waals surface area (Å²) in [6.45, 7) is 0. The molecule has 1 saturated carbocycles. The number of fused-ring (bicyclic) bond motifs is 1. The van der Waals surface area contributed by atoms with E-state index in [1.54, 1.807) is 12.1 Å². The zero-order valence-electron chi connectivity index (χ0n) is 14.4. The van der Waals surface area contributed by atoms with Crippen LogP contribution in [-0.4, -0.2) is 22.1 Å². The molecule has 0 bridgehead atoms. The second-order valence-electron chi connectivity index (χ2n) is 6.98. The van der Waals surface area contributed by atoms with Gasteiger partial charge in [-0.3, -0.25) is 0 Å². The Morgan fingerprint density at radius 3 is 2.73 bits per heavy atom. The molecule has 3 aromatic rings. The summed E-state index contributed by atoms with van der Waals surface area (Å²) in [5.41, 5.74) is 4.17. The van der Waals surface area contributed by atoms with Gasteiger partial charge in [0, 0.05) is 28.6 Å². The average molecular weight is 369 g/mol. The Bertz CT molecular complexity index is 958. The molecule has 0 spiro atoms. The van der Waals surface area contributed by atoms with E-state index in [0.29, 0.717) is 23.0 Å². The van der Waals surface area contributed by atoms with E-state index >= 15 is 0 Å². The first-order valence-corrected chi connectivity index (χ1v) is 9.37. The fraction of sp³-hybridized carbons (Fsp3) is 0.286. The molecule has 1 aromatic heterocycles. The van der Waals surface area contributed by atoms with Gasteiger partial charge < -0.3 is 15.4 Å². The third kappa shape index (κ3) is 3.42. The largest absolute Gasteiger partial charge is 0.478 e. The lowest BCUT2D eigenvalue weighted by atomic mass is 10.0. The molecule has 0 radical (unpaired) electrons. The number of benzene rings is 2. The molecule has 1 aliphatic carbocycles. The number of carboxylic acid groups (broad SMARTS) is 1. The van der Waals surface area contributed by atoms with Crippen molar-refractivity contribution in [3.63, 3.8) is 0 Å². The van der Waals surface area contributed by atoms with Gasteiger partial charge in [0.2, 0.25) is 0 Å². The van der Waals surface area contributed by atoms with Gasteiger partial charge in [-0.15, -0.1) is 0 Å². The first-order valence-electron chi connectivity index (χ1n) is 8.99. The first-order chi connectivity index (χ1) is 12.6. The smallest absolute Gasteiger partial charge is 0.335 e. The lowest BCUT2D eigenvalue weighted by Gasteiger charge is -2.14. The normalized spacial score (nSPS) is 14.8. The van der Waals surface area contributed by atoms with Gasteiger partial charge in [0.25, 0.3) is 0 Å². The number of rotatable bonds is 5. The molecule has 5 heteroatoms. The molecule has 3 N–H and O–H groups in total. The van der Waals surface area contributed by atoms with E-state index in [4.69, 9.17) is 11.6 Å². The Kier molecular flexibility index (Phi) is 4.60. The minimum Gasteiger partial charge on any atom is -0.478 e. The summed E-state index contributed by atoms with van der Waals surface area (Å²) in [5, 5.41) is 14.8. The van der Waals surface area contributed by atoms with Crippen LogP contribution in [-0.2, 0) is 6.42 Å². The molecule has 0 saturated heterocycles. The fourth-order valence-electron chi connectivity index (χ4n) is 3.85. The van der Waals surface area contributed by atoms with Crippen LogP contribution in [0.3, 0.4) is 0 Å². The average Bonchev–Trinajstić information content (AvgIpc) is 3.24. The zero-order valence-corrected chi connectivity index (χ0v) is 15.1. The minimum absolute atomic E-state index is 0.341. The highest BCUT2D eigenvalue weighted by Crippen LogP contribution is 2.32. The molecule has 1 fully saturated rings. The highest BCUT2D eigenvalue weighted by molar-refractivity contribution is 6.31. The summed E-state index contributed by atoms with van der Waals surface area (Å²) in [6.07, 6.45) is 5.45. The van der Waals surface area contributed by atoms with Crippen LogP contribution < -0.4 is 5.32 Å². The van der Waals surface area contributed by atoms with Crippen molar-refractivity contribution >= 4 is 34.2 Å². The van der Waals surface area contributed by atoms with Crippen molar-refractivity contribution in [2.75, 3.05) is 5.32 Å². The number of anilines is 1. The fourth-order valence-corrected chi connectivity index (χ4v) is 4.08. The number of aromatic nitrogens is 1. The first kappa shape index (κ1) is 17.0. The van der Waals surface area contributed by atoms with Crippen LogP contribution in [0.15, 0.2) is 42.5 Å². The van der Waals surface area contributed by atoms with E-state index in [1.165, 1.54) is 25.7 Å². The van der Waals surface area contributed by atoms with Crippen LogP contribution in [0, 0.1) is 0 Å². The SMILES string of the molecule is O=C(O)c1ccccc1Cc1cc2cc(Cl)cc(NC3CCCC3)c2[nH]1. The van der Waals surface area contributed by atoms with Crippen molar-refractivity contribution in [3.05, 3.63) is 64.3 Å². The molecule has 0 unspecified atom stereocenters. The Hall–Kier alpha value is -2.46. The topological polar surface area (TPSA) is 65.1 Å². The van der Waals surface area contributed by atoms with Crippen molar-refractivity contribution in [2.24, 2.45) is 0 Å². The maximum atomic E-state index is 11.4. The lowest BCUT2D eigenvalue weighted by Crippen LogP contribution is -2.14. The molecule has 0 atom stereocenters. The molecule has 4 nitrogen and oxygen atoms in total. The molecule has 1 heterocycles. The summed E-state index contributed by atoms with van der Waals surface area (Å²) in [7, 11) is 0. The van der Waals surface area contributed by atoms with E-state index in [0.717, 1.165) is 27.8 Å². The number of nitrogens with one attached hydrogen (secondary N) is 2. The van der Waals surface area contributed by atoms with Gasteiger partial charge in [0.1, 0.15) is 0 Å². The maximum absolute atomic E-state index is 11.4. The van der Waals surface area contributed by atoms with E-state index in [2.05, 4.69) is 16.4 Å². The van der Waals surface area contributed by atoms with Crippen LogP contribution in [0.25, 0.3) is 10.9 Å². The molecular weight excluding hydrogens is 348 g/mol. The zero-order chi connectivity index (χ0) is 18.1. The predicted molar refractivity (Wildman–Crippen MR) is 105 cm³/mol. The third-order valence-electron chi connectivity index (χ3n) is 5.09. The number of aromatic amines is 1. The standard InChI is InChI=1S/C21H21ClN2O2/c22-15-9-14-11-17(10-13-5-1-4-8-18(13)21(25)26)24-20(14)19(12-15)23-16-6-2-3-7-16/h1,4-5,8-9,11-12,16,23-24H,2-3,6-7,10H2,(H,25,26). The van der Waals surface area contributed by atoms with E-state index in [-0.39, 0.29) is 0 Å². The molecule has 2 aromatic carbocycles. The van der Waals surface area contributed by atoms with Crippen LogP contribution in [0.5, 0.6) is 0 Å². The Morgan fingerprint density at radius 1 is 1.19 bits per heavy atom. The van der Waals surface area contributed by atoms with Crippen molar-refractivity contribution in [2.45, 2.75) is 38.1 Å². The Labute approximate surface area is 157 Å². The van der Waals surface area contributed by atoms with Crippen molar-refractivity contribution in [1.29, 1.82) is 0 Å². The summed E-state index contributed by atoms with van der Waals surface area (Å²) < 4.78 is 0. The number of carboxylic acids is 1. The van der Waals surface area contributed by atoms with E-state index in [9.17, 15) is 9.90 Å². The number of hydrogen-bond acceptors (Lipinski definition) is 2. The van der Waals surface area contributed by atoms with Crippen molar-refractivity contribution in [1.82, 2.24) is 4.98 Å². The number of halogens is 1. The lowest BCUT2D eigenvalue weighted by molar-refractivity contribution is 0.0696. The number of carbonyl (C=O) groups is 1. The molecule has 4 rings (SSSR count). The quantitative estimate of drug-likeness (QED) is 0.559. The third-order valence-corrected chi connectivity index (χ3v) is 5.31. The van der Waals surface area contributed by atoms with Gasteiger partial charge in [-0.2, -0.15) is 0 Å². The molecule has 26 heavy (non-hydrogen) atoms.